The molecule has 8 N–H and O–H groups in total. The van der Waals surface area contributed by atoms with Crippen molar-refractivity contribution in [1.29, 1.82) is 0 Å². The zero-order valence-electron chi connectivity index (χ0n) is 17.7. The smallest absolute Gasteiger partial charge is 0.351 e. The number of nitrogens with zero attached hydrogens (tertiary/aromatic N) is 5. The van der Waals surface area contributed by atoms with Gasteiger partial charge in [-0.25, -0.2) is 9.48 Å². The molecule has 188 valence electrons. The lowest BCUT2D eigenvalue weighted by Crippen LogP contribution is -2.59. The molecule has 0 radical (unpaired) electrons. The molecular formula is C18H26N6O10. The summed E-state index contributed by atoms with van der Waals surface area (Å²) in [6.07, 6.45) is -9.19. The molecule has 0 amide bonds. The topological polar surface area (TPSA) is 241 Å². The summed E-state index contributed by atoms with van der Waals surface area (Å²) < 4.78 is 18.7. The molecule has 2 aromatic heterocycles. The lowest BCUT2D eigenvalue weighted by atomic mass is 9.99. The van der Waals surface area contributed by atoms with Gasteiger partial charge in [-0.2, -0.15) is 4.98 Å². The number of aliphatic hydroxyl groups is 6. The zero-order valence-corrected chi connectivity index (χ0v) is 17.7. The minimum atomic E-state index is -1.57. The van der Waals surface area contributed by atoms with Gasteiger partial charge in [0, 0.05) is 6.20 Å². The van der Waals surface area contributed by atoms with Crippen molar-refractivity contribution in [3.63, 3.8) is 0 Å². The number of ether oxygens (including phenoxy) is 3. The molecule has 0 aliphatic carbocycles. The first kappa shape index (κ1) is 24.6. The van der Waals surface area contributed by atoms with Crippen molar-refractivity contribution in [3.8, 4) is 0 Å². The summed E-state index contributed by atoms with van der Waals surface area (Å²) >= 11 is 0. The van der Waals surface area contributed by atoms with E-state index in [1.807, 2.05) is 0 Å². The van der Waals surface area contributed by atoms with Crippen molar-refractivity contribution in [2.75, 3.05) is 12.3 Å². The van der Waals surface area contributed by atoms with Crippen LogP contribution in [0.3, 0.4) is 0 Å². The highest BCUT2D eigenvalue weighted by atomic mass is 16.7. The van der Waals surface area contributed by atoms with Crippen LogP contribution in [0.5, 0.6) is 0 Å². The summed E-state index contributed by atoms with van der Waals surface area (Å²) in [5.41, 5.74) is 5.01. The monoisotopic (exact) mass is 486 g/mol. The van der Waals surface area contributed by atoms with Crippen molar-refractivity contribution in [1.82, 2.24) is 24.5 Å². The van der Waals surface area contributed by atoms with Gasteiger partial charge < -0.3 is 50.6 Å². The van der Waals surface area contributed by atoms with Gasteiger partial charge in [-0.05, 0) is 6.07 Å². The van der Waals surface area contributed by atoms with Crippen LogP contribution < -0.4 is 11.4 Å². The molecule has 0 bridgehead atoms. The SMILES string of the molecule is Nc1ccn([C@@H]2O[C@H](Cn3cc(CO[C@H]4O[C@H](CO)[C@@H](O)[C@H](O)[C@@H]4O)nn3)[C@@H](O)[C@H]2O)c(=O)n1. The summed E-state index contributed by atoms with van der Waals surface area (Å²) in [5, 5.41) is 67.4. The Balaban J connectivity index is 1.36. The number of hydrogen-bond acceptors (Lipinski definition) is 14. The van der Waals surface area contributed by atoms with E-state index < -0.39 is 67.5 Å². The molecular weight excluding hydrogens is 460 g/mol. The van der Waals surface area contributed by atoms with E-state index >= 15 is 0 Å². The predicted octanol–water partition coefficient (Wildman–Crippen LogP) is -4.95. The van der Waals surface area contributed by atoms with Crippen LogP contribution in [-0.4, -0.2) is 111 Å². The van der Waals surface area contributed by atoms with Crippen molar-refractivity contribution < 1.29 is 44.8 Å². The summed E-state index contributed by atoms with van der Waals surface area (Å²) in [5.74, 6) is 0.00640. The lowest BCUT2D eigenvalue weighted by molar-refractivity contribution is -0.304. The fourth-order valence-electron chi connectivity index (χ4n) is 3.78. The van der Waals surface area contributed by atoms with Crippen molar-refractivity contribution >= 4 is 5.82 Å². The third kappa shape index (κ3) is 4.81. The largest absolute Gasteiger partial charge is 0.394 e. The molecule has 0 aromatic carbocycles. The molecule has 4 heterocycles. The number of nitrogen functional groups attached to an aromatic ring is 1. The van der Waals surface area contributed by atoms with Crippen LogP contribution in [0.2, 0.25) is 0 Å². The average molecular weight is 486 g/mol. The number of aromatic nitrogens is 5. The fraction of sp³-hybridized carbons (Fsp3) is 0.667. The molecule has 9 atom stereocenters. The molecule has 2 aliphatic rings. The maximum absolute atomic E-state index is 12.0. The maximum Gasteiger partial charge on any atom is 0.351 e. The van der Waals surface area contributed by atoms with Crippen LogP contribution in [0.4, 0.5) is 5.82 Å². The number of nitrogens with two attached hydrogens (primary N) is 1. The molecule has 4 rings (SSSR count). The van der Waals surface area contributed by atoms with E-state index in [1.54, 1.807) is 0 Å². The van der Waals surface area contributed by atoms with Gasteiger partial charge in [-0.3, -0.25) is 4.57 Å². The highest BCUT2D eigenvalue weighted by molar-refractivity contribution is 5.23. The number of anilines is 1. The second-order valence-corrected chi connectivity index (χ2v) is 8.03. The molecule has 2 aliphatic heterocycles. The van der Waals surface area contributed by atoms with Gasteiger partial charge in [-0.1, -0.05) is 5.21 Å². The summed E-state index contributed by atoms with van der Waals surface area (Å²) in [6.45, 7) is -0.816. The van der Waals surface area contributed by atoms with E-state index in [0.29, 0.717) is 5.69 Å². The first-order valence-electron chi connectivity index (χ1n) is 10.4. The third-order valence-electron chi connectivity index (χ3n) is 5.66. The third-order valence-corrected chi connectivity index (χ3v) is 5.66. The summed E-state index contributed by atoms with van der Waals surface area (Å²) in [4.78, 5) is 15.6. The van der Waals surface area contributed by atoms with Gasteiger partial charge in [0.05, 0.1) is 26.0 Å². The van der Waals surface area contributed by atoms with Crippen molar-refractivity contribution in [2.24, 2.45) is 0 Å². The molecule has 16 heteroatoms. The Morgan fingerprint density at radius 1 is 1.03 bits per heavy atom. The van der Waals surface area contributed by atoms with Crippen LogP contribution in [0.1, 0.15) is 11.9 Å². The standard InChI is InChI=1S/C18H26N6O10/c19-10-1-2-24(18(31)20-10)16-14(29)11(26)8(33-16)4-23-3-7(21-22-23)6-32-17-15(30)13(28)12(27)9(5-25)34-17/h1-3,8-9,11-17,25-30H,4-6H2,(H2,19,20,31)/t8-,9-,11-,12-,13+,14-,15+,16-,17+/m1/s1. The van der Waals surface area contributed by atoms with E-state index in [4.69, 9.17) is 19.9 Å². The highest BCUT2D eigenvalue weighted by Gasteiger charge is 2.45. The van der Waals surface area contributed by atoms with Gasteiger partial charge in [0.2, 0.25) is 0 Å². The summed E-state index contributed by atoms with van der Waals surface area (Å²) in [7, 11) is 0. The van der Waals surface area contributed by atoms with Crippen molar-refractivity contribution in [2.45, 2.75) is 68.4 Å². The Bertz CT molecular complexity index is 1030. The molecule has 0 saturated carbocycles. The maximum atomic E-state index is 12.0. The minimum Gasteiger partial charge on any atom is -0.394 e. The summed E-state index contributed by atoms with van der Waals surface area (Å²) in [6, 6.07) is 1.36. The van der Waals surface area contributed by atoms with Gasteiger partial charge >= 0.3 is 5.69 Å². The number of hydrogen-bond donors (Lipinski definition) is 7. The normalized spacial score (nSPS) is 36.1. The molecule has 2 saturated heterocycles. The van der Waals surface area contributed by atoms with E-state index in [-0.39, 0.29) is 19.0 Å². The van der Waals surface area contributed by atoms with Crippen LogP contribution in [0.15, 0.2) is 23.3 Å². The molecule has 16 nitrogen and oxygen atoms in total. The first-order chi connectivity index (χ1) is 16.2. The van der Waals surface area contributed by atoms with E-state index in [2.05, 4.69) is 15.3 Å². The van der Waals surface area contributed by atoms with Gasteiger partial charge in [-0.15, -0.1) is 5.10 Å². The average Bonchev–Trinajstić information content (AvgIpc) is 3.37. The Hall–Kier alpha value is -2.54. The minimum absolute atomic E-state index is 0.00640. The first-order valence-corrected chi connectivity index (χ1v) is 10.4. The molecule has 2 aromatic rings. The number of rotatable bonds is 7. The Morgan fingerprint density at radius 2 is 1.76 bits per heavy atom. The van der Waals surface area contributed by atoms with Crippen molar-refractivity contribution in [3.05, 3.63) is 34.6 Å². The second kappa shape index (κ2) is 9.98. The van der Waals surface area contributed by atoms with Crippen LogP contribution in [0.25, 0.3) is 0 Å². The van der Waals surface area contributed by atoms with Gasteiger partial charge in [0.1, 0.15) is 54.2 Å². The Morgan fingerprint density at radius 3 is 2.47 bits per heavy atom. The van der Waals surface area contributed by atoms with E-state index in [9.17, 15) is 35.4 Å². The predicted molar refractivity (Wildman–Crippen MR) is 107 cm³/mol. The quantitative estimate of drug-likeness (QED) is 0.194. The Kier molecular flexibility index (Phi) is 7.22. The van der Waals surface area contributed by atoms with Crippen LogP contribution >= 0.6 is 0 Å². The van der Waals surface area contributed by atoms with E-state index in [0.717, 1.165) is 4.57 Å². The van der Waals surface area contributed by atoms with Gasteiger partial charge in [0.25, 0.3) is 0 Å². The van der Waals surface area contributed by atoms with Crippen LogP contribution in [0, 0.1) is 0 Å². The van der Waals surface area contributed by atoms with Crippen LogP contribution in [-0.2, 0) is 27.4 Å². The molecule has 0 unspecified atom stereocenters. The second-order valence-electron chi connectivity index (χ2n) is 8.03. The van der Waals surface area contributed by atoms with Gasteiger partial charge in [0.15, 0.2) is 12.5 Å². The molecule has 34 heavy (non-hydrogen) atoms. The fourth-order valence-corrected chi connectivity index (χ4v) is 3.78. The number of aliphatic hydroxyl groups excluding tert-OH is 6. The van der Waals surface area contributed by atoms with E-state index in [1.165, 1.54) is 23.1 Å². The zero-order chi connectivity index (χ0) is 24.6. The lowest BCUT2D eigenvalue weighted by Gasteiger charge is -2.39. The molecule has 2 fully saturated rings. The Labute approximate surface area is 191 Å². The highest BCUT2D eigenvalue weighted by Crippen LogP contribution is 2.29. The molecule has 0 spiro atoms.